The van der Waals surface area contributed by atoms with Gasteiger partial charge in [0.25, 0.3) is 0 Å². The maximum Gasteiger partial charge on any atom is 0.141 e. The summed E-state index contributed by atoms with van der Waals surface area (Å²) in [5.41, 5.74) is 8.44. The van der Waals surface area contributed by atoms with E-state index in [4.69, 9.17) is 4.74 Å². The fourth-order valence-corrected chi connectivity index (χ4v) is 4.30. The van der Waals surface area contributed by atoms with E-state index in [9.17, 15) is 0 Å². The number of aromatic nitrogens is 3. The van der Waals surface area contributed by atoms with Crippen LogP contribution in [0.4, 0.5) is 5.69 Å². The average molecular weight is 384 g/mol. The second-order valence-corrected chi connectivity index (χ2v) is 7.60. The minimum absolute atomic E-state index is 0.503. The minimum atomic E-state index is 0.503. The lowest BCUT2D eigenvalue weighted by molar-refractivity contribution is 0.211. The zero-order valence-corrected chi connectivity index (χ0v) is 16.5. The highest BCUT2D eigenvalue weighted by Crippen LogP contribution is 2.37. The van der Waals surface area contributed by atoms with Crippen molar-refractivity contribution >= 4 is 16.7 Å². The zero-order valence-electron chi connectivity index (χ0n) is 16.5. The number of nitrogens with one attached hydrogen (secondary N) is 2. The molecule has 146 valence electrons. The maximum absolute atomic E-state index is 5.13. The van der Waals surface area contributed by atoms with E-state index < -0.39 is 0 Å². The van der Waals surface area contributed by atoms with Crippen LogP contribution in [0.15, 0.2) is 61.1 Å². The first-order valence-corrected chi connectivity index (χ1v) is 10.0. The Morgan fingerprint density at radius 2 is 2.00 bits per heavy atom. The van der Waals surface area contributed by atoms with Gasteiger partial charge in [-0.1, -0.05) is 24.3 Å². The predicted molar refractivity (Wildman–Crippen MR) is 116 cm³/mol. The first kappa shape index (κ1) is 17.9. The van der Waals surface area contributed by atoms with E-state index in [0.717, 1.165) is 41.7 Å². The SMILES string of the molecule is COCCNc1ccc2c(c1)CC(c1cccc(-c3ncnc4[nH]ccc34)c1)C2. The van der Waals surface area contributed by atoms with Gasteiger partial charge in [-0.25, -0.2) is 9.97 Å². The number of benzene rings is 2. The summed E-state index contributed by atoms with van der Waals surface area (Å²) >= 11 is 0. The third-order valence-corrected chi connectivity index (χ3v) is 5.76. The van der Waals surface area contributed by atoms with Gasteiger partial charge in [-0.3, -0.25) is 0 Å². The summed E-state index contributed by atoms with van der Waals surface area (Å²) < 4.78 is 5.13. The van der Waals surface area contributed by atoms with E-state index in [2.05, 4.69) is 62.7 Å². The molecule has 1 atom stereocenters. The first-order valence-electron chi connectivity index (χ1n) is 10.0. The average Bonchev–Trinajstić information content (AvgIpc) is 3.40. The van der Waals surface area contributed by atoms with Gasteiger partial charge in [0.2, 0.25) is 0 Å². The third kappa shape index (κ3) is 3.49. The van der Waals surface area contributed by atoms with Crippen LogP contribution in [0.25, 0.3) is 22.3 Å². The molecule has 4 aromatic rings. The maximum atomic E-state index is 5.13. The molecule has 1 aliphatic carbocycles. The Hall–Kier alpha value is -3.18. The van der Waals surface area contributed by atoms with Gasteiger partial charge < -0.3 is 15.0 Å². The summed E-state index contributed by atoms with van der Waals surface area (Å²) in [6, 6.07) is 17.6. The number of aromatic amines is 1. The van der Waals surface area contributed by atoms with Crippen LogP contribution in [0.5, 0.6) is 0 Å². The number of fused-ring (bicyclic) bond motifs is 2. The molecule has 0 bridgehead atoms. The highest BCUT2D eigenvalue weighted by Gasteiger charge is 2.23. The number of methoxy groups -OCH3 is 1. The van der Waals surface area contributed by atoms with Gasteiger partial charge in [0.1, 0.15) is 12.0 Å². The summed E-state index contributed by atoms with van der Waals surface area (Å²) in [4.78, 5) is 12.0. The number of rotatable bonds is 6. The van der Waals surface area contributed by atoms with Gasteiger partial charge in [0.15, 0.2) is 0 Å². The van der Waals surface area contributed by atoms with E-state index in [1.165, 1.54) is 22.4 Å². The van der Waals surface area contributed by atoms with Gasteiger partial charge in [-0.05, 0) is 59.7 Å². The van der Waals surface area contributed by atoms with Crippen LogP contribution in [-0.2, 0) is 17.6 Å². The van der Waals surface area contributed by atoms with Crippen LogP contribution < -0.4 is 5.32 Å². The van der Waals surface area contributed by atoms with E-state index in [-0.39, 0.29) is 0 Å². The topological polar surface area (TPSA) is 62.8 Å². The number of nitrogens with zero attached hydrogens (tertiary/aromatic N) is 2. The molecule has 2 aromatic heterocycles. The van der Waals surface area contributed by atoms with Crippen molar-refractivity contribution in [3.8, 4) is 11.3 Å². The van der Waals surface area contributed by atoms with Crippen molar-refractivity contribution < 1.29 is 4.74 Å². The standard InChI is InChI=1S/C24H24N4O/c1-29-10-9-25-21-6-5-17-12-19(13-20(17)14-21)16-3-2-4-18(11-16)23-22-7-8-26-24(22)28-15-27-23/h2-8,11,14-15,19,25H,9-10,12-13H2,1H3,(H,26,27,28). The van der Waals surface area contributed by atoms with Gasteiger partial charge in [0, 0.05) is 36.5 Å². The molecule has 0 saturated carbocycles. The second-order valence-electron chi connectivity index (χ2n) is 7.60. The van der Waals surface area contributed by atoms with E-state index >= 15 is 0 Å². The highest BCUT2D eigenvalue weighted by molar-refractivity contribution is 5.90. The fraction of sp³-hybridized carbons (Fsp3) is 0.250. The molecule has 29 heavy (non-hydrogen) atoms. The lowest BCUT2D eigenvalue weighted by Crippen LogP contribution is -2.07. The highest BCUT2D eigenvalue weighted by atomic mass is 16.5. The number of H-pyrrole nitrogens is 1. The Labute approximate surface area is 170 Å². The number of anilines is 1. The molecule has 1 unspecified atom stereocenters. The van der Waals surface area contributed by atoms with Crippen molar-refractivity contribution in [1.29, 1.82) is 0 Å². The van der Waals surface area contributed by atoms with Crippen LogP contribution >= 0.6 is 0 Å². The second kappa shape index (κ2) is 7.68. The van der Waals surface area contributed by atoms with Gasteiger partial charge in [-0.15, -0.1) is 0 Å². The van der Waals surface area contributed by atoms with Crippen molar-refractivity contribution in [3.05, 3.63) is 77.7 Å². The molecule has 5 heteroatoms. The van der Waals surface area contributed by atoms with Crippen molar-refractivity contribution in [2.75, 3.05) is 25.6 Å². The molecule has 2 aromatic carbocycles. The molecule has 0 saturated heterocycles. The number of hydrogen-bond acceptors (Lipinski definition) is 4. The Morgan fingerprint density at radius 1 is 1.07 bits per heavy atom. The molecule has 2 N–H and O–H groups in total. The van der Waals surface area contributed by atoms with Crippen LogP contribution in [0, 0.1) is 0 Å². The molecule has 0 spiro atoms. The third-order valence-electron chi connectivity index (χ3n) is 5.76. The number of ether oxygens (including phenoxy) is 1. The summed E-state index contributed by atoms with van der Waals surface area (Å²) in [5, 5.41) is 4.49. The van der Waals surface area contributed by atoms with Crippen molar-refractivity contribution in [2.24, 2.45) is 0 Å². The van der Waals surface area contributed by atoms with Gasteiger partial charge in [-0.2, -0.15) is 0 Å². The first-order chi connectivity index (χ1) is 14.3. The Kier molecular flexibility index (Phi) is 4.74. The molecule has 2 heterocycles. The summed E-state index contributed by atoms with van der Waals surface area (Å²) in [6.07, 6.45) is 5.70. The van der Waals surface area contributed by atoms with E-state index in [1.807, 2.05) is 12.3 Å². The Morgan fingerprint density at radius 3 is 2.93 bits per heavy atom. The summed E-state index contributed by atoms with van der Waals surface area (Å²) in [5.74, 6) is 0.503. The molecular formula is C24H24N4O. The smallest absolute Gasteiger partial charge is 0.141 e. The van der Waals surface area contributed by atoms with Crippen LogP contribution in [-0.4, -0.2) is 35.2 Å². The summed E-state index contributed by atoms with van der Waals surface area (Å²) in [6.45, 7) is 1.54. The van der Waals surface area contributed by atoms with Gasteiger partial charge >= 0.3 is 0 Å². The lowest BCUT2D eigenvalue weighted by atomic mass is 9.93. The van der Waals surface area contributed by atoms with Crippen molar-refractivity contribution in [2.45, 2.75) is 18.8 Å². The van der Waals surface area contributed by atoms with Crippen LogP contribution in [0.3, 0.4) is 0 Å². The van der Waals surface area contributed by atoms with Crippen molar-refractivity contribution in [3.63, 3.8) is 0 Å². The largest absolute Gasteiger partial charge is 0.383 e. The molecule has 0 fully saturated rings. The van der Waals surface area contributed by atoms with Crippen LogP contribution in [0.1, 0.15) is 22.6 Å². The normalized spacial score (nSPS) is 15.6. The van der Waals surface area contributed by atoms with Gasteiger partial charge in [0.05, 0.1) is 12.3 Å². The molecule has 1 aliphatic rings. The summed E-state index contributed by atoms with van der Waals surface area (Å²) in [7, 11) is 1.73. The van der Waals surface area contributed by atoms with E-state index in [1.54, 1.807) is 13.4 Å². The molecule has 0 amide bonds. The Balaban J connectivity index is 1.39. The predicted octanol–water partition coefficient (Wildman–Crippen LogP) is 4.57. The Bertz CT molecular complexity index is 1150. The minimum Gasteiger partial charge on any atom is -0.383 e. The monoisotopic (exact) mass is 384 g/mol. The van der Waals surface area contributed by atoms with Crippen molar-refractivity contribution in [1.82, 2.24) is 15.0 Å². The molecular weight excluding hydrogens is 360 g/mol. The van der Waals surface area contributed by atoms with Crippen LogP contribution in [0.2, 0.25) is 0 Å². The fourth-order valence-electron chi connectivity index (χ4n) is 4.30. The van der Waals surface area contributed by atoms with E-state index in [0.29, 0.717) is 12.5 Å². The molecule has 5 nitrogen and oxygen atoms in total. The molecule has 0 radical (unpaired) electrons. The lowest BCUT2D eigenvalue weighted by Gasteiger charge is -2.11. The quantitative estimate of drug-likeness (QED) is 0.478. The number of hydrogen-bond donors (Lipinski definition) is 2. The molecule has 0 aliphatic heterocycles. The zero-order chi connectivity index (χ0) is 19.6. The molecule has 5 rings (SSSR count).